The largest absolute Gasteiger partial charge is 0.344 e. The van der Waals surface area contributed by atoms with Gasteiger partial charge < -0.3 is 9.88 Å². The Balaban J connectivity index is 1.74. The summed E-state index contributed by atoms with van der Waals surface area (Å²) in [6, 6.07) is 13.7. The molecule has 3 aromatic rings. The van der Waals surface area contributed by atoms with Gasteiger partial charge in [0.25, 0.3) is 0 Å². The van der Waals surface area contributed by atoms with Crippen LogP contribution in [-0.2, 0) is 10.2 Å². The number of halogens is 1. The van der Waals surface area contributed by atoms with Crippen LogP contribution in [0, 0.1) is 0 Å². The van der Waals surface area contributed by atoms with Gasteiger partial charge in [0.05, 0.1) is 11.1 Å². The van der Waals surface area contributed by atoms with Gasteiger partial charge in [0.15, 0.2) is 0 Å². The van der Waals surface area contributed by atoms with Gasteiger partial charge in [0.2, 0.25) is 5.91 Å². The number of rotatable bonds is 3. The van der Waals surface area contributed by atoms with Crippen molar-refractivity contribution in [2.75, 3.05) is 11.4 Å². The molecule has 1 aromatic heterocycles. The van der Waals surface area contributed by atoms with E-state index in [2.05, 4.69) is 11.1 Å². The third-order valence-corrected chi connectivity index (χ3v) is 5.30. The Hall–Kier alpha value is -2.59. The zero-order chi connectivity index (χ0) is 18.5. The summed E-state index contributed by atoms with van der Waals surface area (Å²) in [4.78, 5) is 22.5. The minimum Gasteiger partial charge on any atom is -0.344 e. The molecule has 26 heavy (non-hydrogen) atoms. The number of likely N-dealkylation sites (N-methyl/N-ethyl adjacent to an activating group) is 1. The number of fused-ring (bicyclic) bond motifs is 1. The van der Waals surface area contributed by atoms with Crippen LogP contribution < -0.4 is 4.90 Å². The smallest absolute Gasteiger partial charge is 0.237 e. The van der Waals surface area contributed by atoms with Gasteiger partial charge in [0, 0.05) is 34.6 Å². The molecule has 0 unspecified atom stereocenters. The molecule has 0 aliphatic carbocycles. The number of aromatic amines is 1. The number of nitrogens with one attached hydrogen (secondary N) is 1. The molecule has 4 rings (SSSR count). The zero-order valence-electron chi connectivity index (χ0n) is 15.0. The van der Waals surface area contributed by atoms with Gasteiger partial charge in [-0.3, -0.25) is 4.79 Å². The molecule has 2 aromatic carbocycles. The maximum absolute atomic E-state index is 12.7. The van der Waals surface area contributed by atoms with Crippen LogP contribution in [0.4, 0.5) is 5.69 Å². The minimum absolute atomic E-state index is 0.149. The number of anilines is 1. The highest BCUT2D eigenvalue weighted by Gasteiger charge is 2.43. The number of hydrogen-bond acceptors (Lipinski definition) is 2. The molecular formula is C21H20ClN3O. The monoisotopic (exact) mass is 365 g/mol. The number of carbonyl (C=O) groups is 1. The maximum atomic E-state index is 12.7. The first-order chi connectivity index (χ1) is 12.4. The van der Waals surface area contributed by atoms with Crippen molar-refractivity contribution in [2.24, 2.45) is 0 Å². The van der Waals surface area contributed by atoms with E-state index < -0.39 is 5.41 Å². The van der Waals surface area contributed by atoms with E-state index in [1.807, 2.05) is 68.3 Å². The van der Waals surface area contributed by atoms with Crippen LogP contribution in [0.3, 0.4) is 0 Å². The quantitative estimate of drug-likeness (QED) is 0.706. The highest BCUT2D eigenvalue weighted by molar-refractivity contribution is 6.30. The highest BCUT2D eigenvalue weighted by Crippen LogP contribution is 2.43. The van der Waals surface area contributed by atoms with E-state index in [4.69, 9.17) is 16.6 Å². The second-order valence-electron chi connectivity index (χ2n) is 7.05. The summed E-state index contributed by atoms with van der Waals surface area (Å²) in [6.07, 6.45) is 1.90. The normalized spacial score (nSPS) is 15.4. The first-order valence-corrected chi connectivity index (χ1v) is 9.08. The Morgan fingerprint density at radius 3 is 2.50 bits per heavy atom. The standard InChI is InChI=1S/C21H20ClN3O/c1-4-25-18-10-7-14(11-16(18)21(2,3)20(25)26)17-12-23-19(24-17)13-5-8-15(22)9-6-13/h5-12H,4H2,1-3H3,(H,23,24). The van der Waals surface area contributed by atoms with Crippen molar-refractivity contribution < 1.29 is 4.79 Å². The van der Waals surface area contributed by atoms with Gasteiger partial charge in [-0.1, -0.05) is 17.7 Å². The maximum Gasteiger partial charge on any atom is 0.237 e. The fraction of sp³-hybridized carbons (Fsp3) is 0.238. The van der Waals surface area contributed by atoms with Gasteiger partial charge in [-0.2, -0.15) is 0 Å². The van der Waals surface area contributed by atoms with Gasteiger partial charge in [-0.25, -0.2) is 4.98 Å². The Labute approximate surface area is 157 Å². The predicted octanol–water partition coefficient (Wildman–Crippen LogP) is 5.04. The van der Waals surface area contributed by atoms with E-state index in [1.54, 1.807) is 0 Å². The molecule has 0 radical (unpaired) electrons. The molecule has 1 N–H and O–H groups in total. The van der Waals surface area contributed by atoms with Crippen LogP contribution in [0.15, 0.2) is 48.7 Å². The molecule has 5 heteroatoms. The van der Waals surface area contributed by atoms with E-state index in [9.17, 15) is 4.79 Å². The van der Waals surface area contributed by atoms with Crippen LogP contribution in [0.2, 0.25) is 5.02 Å². The van der Waals surface area contributed by atoms with E-state index in [0.717, 1.165) is 33.9 Å². The average molecular weight is 366 g/mol. The van der Waals surface area contributed by atoms with E-state index in [-0.39, 0.29) is 5.91 Å². The van der Waals surface area contributed by atoms with Gasteiger partial charge in [-0.15, -0.1) is 0 Å². The number of benzene rings is 2. The van der Waals surface area contributed by atoms with Crippen molar-refractivity contribution in [1.29, 1.82) is 0 Å². The van der Waals surface area contributed by atoms with Crippen LogP contribution in [0.1, 0.15) is 26.3 Å². The van der Waals surface area contributed by atoms with E-state index >= 15 is 0 Å². The zero-order valence-corrected chi connectivity index (χ0v) is 15.8. The number of aromatic nitrogens is 2. The van der Waals surface area contributed by atoms with Crippen LogP contribution in [0.25, 0.3) is 22.6 Å². The summed E-state index contributed by atoms with van der Waals surface area (Å²) >= 11 is 5.95. The fourth-order valence-electron chi connectivity index (χ4n) is 3.53. The van der Waals surface area contributed by atoms with Crippen LogP contribution in [0.5, 0.6) is 0 Å². The highest BCUT2D eigenvalue weighted by atomic mass is 35.5. The molecule has 0 saturated carbocycles. The van der Waals surface area contributed by atoms with Crippen molar-refractivity contribution >= 4 is 23.2 Å². The fourth-order valence-corrected chi connectivity index (χ4v) is 3.66. The molecule has 1 aliphatic rings. The lowest BCUT2D eigenvalue weighted by Gasteiger charge is -2.18. The number of imidazole rings is 1. The van der Waals surface area contributed by atoms with Crippen molar-refractivity contribution in [1.82, 2.24) is 9.97 Å². The first kappa shape index (κ1) is 16.9. The summed E-state index contributed by atoms with van der Waals surface area (Å²) < 4.78 is 0. The summed E-state index contributed by atoms with van der Waals surface area (Å²) in [7, 11) is 0. The SMILES string of the molecule is CCN1C(=O)C(C)(C)c2cc(-c3c[nH]c(-c4ccc(Cl)cc4)n3)ccc21. The average Bonchev–Trinajstić information content (AvgIpc) is 3.19. The van der Waals surface area contributed by atoms with Gasteiger partial charge in [0.1, 0.15) is 5.82 Å². The molecule has 4 nitrogen and oxygen atoms in total. The van der Waals surface area contributed by atoms with E-state index in [0.29, 0.717) is 11.6 Å². The molecule has 0 saturated heterocycles. The van der Waals surface area contributed by atoms with Gasteiger partial charge >= 0.3 is 0 Å². The minimum atomic E-state index is -0.517. The Kier molecular flexibility index (Phi) is 3.88. The number of carbonyl (C=O) groups excluding carboxylic acids is 1. The van der Waals surface area contributed by atoms with Gasteiger partial charge in [-0.05, 0) is 62.7 Å². The number of hydrogen-bond donors (Lipinski definition) is 1. The molecule has 1 amide bonds. The topological polar surface area (TPSA) is 49.0 Å². The molecule has 2 heterocycles. The van der Waals surface area contributed by atoms with Crippen molar-refractivity contribution in [3.05, 3.63) is 59.2 Å². The molecule has 1 aliphatic heterocycles. The number of nitrogens with zero attached hydrogens (tertiary/aromatic N) is 2. The lowest BCUT2D eigenvalue weighted by atomic mass is 9.85. The van der Waals surface area contributed by atoms with Crippen LogP contribution >= 0.6 is 11.6 Å². The lowest BCUT2D eigenvalue weighted by Crippen LogP contribution is -2.35. The Morgan fingerprint density at radius 2 is 1.81 bits per heavy atom. The lowest BCUT2D eigenvalue weighted by molar-refractivity contribution is -0.122. The molecular weight excluding hydrogens is 346 g/mol. The molecule has 0 atom stereocenters. The van der Waals surface area contributed by atoms with Crippen molar-refractivity contribution in [3.8, 4) is 22.6 Å². The number of amides is 1. The molecule has 132 valence electrons. The first-order valence-electron chi connectivity index (χ1n) is 8.70. The Bertz CT molecular complexity index is 989. The predicted molar refractivity (Wildman–Crippen MR) is 106 cm³/mol. The number of H-pyrrole nitrogens is 1. The van der Waals surface area contributed by atoms with E-state index in [1.165, 1.54) is 0 Å². The summed E-state index contributed by atoms with van der Waals surface area (Å²) in [5.74, 6) is 0.943. The van der Waals surface area contributed by atoms with Crippen molar-refractivity contribution in [2.45, 2.75) is 26.2 Å². The third kappa shape index (κ3) is 2.53. The summed E-state index contributed by atoms with van der Waals surface area (Å²) in [5, 5.41) is 0.700. The summed E-state index contributed by atoms with van der Waals surface area (Å²) in [5.41, 5.74) is 4.37. The van der Waals surface area contributed by atoms with Crippen molar-refractivity contribution in [3.63, 3.8) is 0 Å². The summed E-state index contributed by atoms with van der Waals surface area (Å²) in [6.45, 7) is 6.65. The van der Waals surface area contributed by atoms with Crippen LogP contribution in [-0.4, -0.2) is 22.4 Å². The second kappa shape index (κ2) is 5.99. The third-order valence-electron chi connectivity index (χ3n) is 5.05. The Morgan fingerprint density at radius 1 is 1.12 bits per heavy atom. The second-order valence-corrected chi connectivity index (χ2v) is 7.48. The molecule has 0 bridgehead atoms. The molecule has 0 fully saturated rings. The molecule has 0 spiro atoms.